The highest BCUT2D eigenvalue weighted by molar-refractivity contribution is 5.21. The van der Waals surface area contributed by atoms with E-state index >= 15 is 0 Å². The number of nitrogens with two attached hydrogens (primary N) is 1. The van der Waals surface area contributed by atoms with Gasteiger partial charge in [0, 0.05) is 6.04 Å². The van der Waals surface area contributed by atoms with Gasteiger partial charge in [0.15, 0.2) is 0 Å². The molecule has 0 saturated heterocycles. The Morgan fingerprint density at radius 2 is 1.93 bits per heavy atom. The van der Waals surface area contributed by atoms with Crippen molar-refractivity contribution in [2.45, 2.75) is 31.1 Å². The summed E-state index contributed by atoms with van der Waals surface area (Å²) in [4.78, 5) is 0. The van der Waals surface area contributed by atoms with E-state index in [4.69, 9.17) is 10.5 Å². The minimum absolute atomic E-state index is 0.135. The maximum Gasteiger partial charge on any atom is 0.126 e. The fourth-order valence-corrected chi connectivity index (χ4v) is 1.78. The van der Waals surface area contributed by atoms with Gasteiger partial charge in [-0.2, -0.15) is 0 Å². The number of rotatable bonds is 2. The molecule has 2 rings (SSSR count). The molecule has 0 spiro atoms. The van der Waals surface area contributed by atoms with Crippen LogP contribution >= 0.6 is 0 Å². The summed E-state index contributed by atoms with van der Waals surface area (Å²) in [5.41, 5.74) is 5.69. The van der Waals surface area contributed by atoms with Crippen LogP contribution in [0.1, 0.15) is 12.8 Å². The first-order valence-electron chi connectivity index (χ1n) is 4.93. The van der Waals surface area contributed by atoms with E-state index in [0.717, 1.165) is 18.6 Å². The quantitative estimate of drug-likeness (QED) is 0.734. The van der Waals surface area contributed by atoms with Gasteiger partial charge in [0.05, 0.1) is 0 Å². The topological polar surface area (TPSA) is 55.5 Å². The van der Waals surface area contributed by atoms with E-state index in [2.05, 4.69) is 0 Å². The zero-order valence-electron chi connectivity index (χ0n) is 7.97. The van der Waals surface area contributed by atoms with E-state index in [1.165, 1.54) is 0 Å². The van der Waals surface area contributed by atoms with Crippen molar-refractivity contribution in [1.29, 1.82) is 0 Å². The second kappa shape index (κ2) is 3.98. The largest absolute Gasteiger partial charge is 0.488 e. The number of para-hydroxylation sites is 1. The number of ether oxygens (including phenoxy) is 1. The lowest BCUT2D eigenvalue weighted by atomic mass is 10.2. The maximum atomic E-state index is 9.67. The van der Waals surface area contributed by atoms with Gasteiger partial charge >= 0.3 is 0 Å². The summed E-state index contributed by atoms with van der Waals surface area (Å²) in [7, 11) is 0. The van der Waals surface area contributed by atoms with Crippen molar-refractivity contribution in [1.82, 2.24) is 0 Å². The molecule has 0 amide bonds. The van der Waals surface area contributed by atoms with Crippen molar-refractivity contribution < 1.29 is 9.84 Å². The highest BCUT2D eigenvalue weighted by Gasteiger charge is 2.33. The van der Waals surface area contributed by atoms with Gasteiger partial charge in [0.25, 0.3) is 0 Å². The molecule has 3 nitrogen and oxygen atoms in total. The van der Waals surface area contributed by atoms with Crippen LogP contribution in [-0.2, 0) is 0 Å². The molecular weight excluding hydrogens is 178 g/mol. The molecule has 1 aliphatic carbocycles. The van der Waals surface area contributed by atoms with Crippen LogP contribution < -0.4 is 10.5 Å². The summed E-state index contributed by atoms with van der Waals surface area (Å²) >= 11 is 0. The molecule has 0 aliphatic heterocycles. The van der Waals surface area contributed by atoms with E-state index in [9.17, 15) is 5.11 Å². The van der Waals surface area contributed by atoms with E-state index in [0.29, 0.717) is 0 Å². The van der Waals surface area contributed by atoms with Gasteiger partial charge in [-0.3, -0.25) is 0 Å². The molecule has 3 heteroatoms. The lowest BCUT2D eigenvalue weighted by Crippen LogP contribution is -2.37. The molecule has 0 radical (unpaired) electrons. The third kappa shape index (κ3) is 1.89. The van der Waals surface area contributed by atoms with Gasteiger partial charge < -0.3 is 15.6 Å². The fraction of sp³-hybridized carbons (Fsp3) is 0.455. The number of aliphatic hydroxyl groups excluding tert-OH is 1. The zero-order valence-corrected chi connectivity index (χ0v) is 7.97. The maximum absolute atomic E-state index is 9.67. The van der Waals surface area contributed by atoms with Gasteiger partial charge in [0.2, 0.25) is 0 Å². The molecule has 3 atom stereocenters. The lowest BCUT2D eigenvalue weighted by Gasteiger charge is -2.18. The summed E-state index contributed by atoms with van der Waals surface area (Å²) in [6.07, 6.45) is 0.984. The molecule has 14 heavy (non-hydrogen) atoms. The minimum Gasteiger partial charge on any atom is -0.488 e. The number of benzene rings is 1. The van der Waals surface area contributed by atoms with Crippen LogP contribution in [0.5, 0.6) is 5.75 Å². The second-order valence-electron chi connectivity index (χ2n) is 3.70. The Labute approximate surface area is 83.5 Å². The van der Waals surface area contributed by atoms with Crippen molar-refractivity contribution in [3.63, 3.8) is 0 Å². The molecule has 1 aromatic carbocycles. The van der Waals surface area contributed by atoms with E-state index in [1.807, 2.05) is 30.3 Å². The Hall–Kier alpha value is -1.06. The smallest absolute Gasteiger partial charge is 0.126 e. The minimum atomic E-state index is -0.532. The van der Waals surface area contributed by atoms with Gasteiger partial charge in [-0.05, 0) is 25.0 Å². The fourth-order valence-electron chi connectivity index (χ4n) is 1.78. The Bertz CT molecular complexity index is 289. The summed E-state index contributed by atoms with van der Waals surface area (Å²) in [5, 5.41) is 9.67. The van der Waals surface area contributed by atoms with E-state index in [-0.39, 0.29) is 12.1 Å². The van der Waals surface area contributed by atoms with Crippen LogP contribution in [0.25, 0.3) is 0 Å². The highest BCUT2D eigenvalue weighted by atomic mass is 16.5. The Kier molecular flexibility index (Phi) is 2.70. The van der Waals surface area contributed by atoms with Gasteiger partial charge in [0.1, 0.15) is 18.0 Å². The van der Waals surface area contributed by atoms with Crippen LogP contribution in [0.4, 0.5) is 0 Å². The molecule has 1 aliphatic rings. The second-order valence-corrected chi connectivity index (χ2v) is 3.70. The van der Waals surface area contributed by atoms with Crippen molar-refractivity contribution >= 4 is 0 Å². The van der Waals surface area contributed by atoms with Crippen molar-refractivity contribution in [3.05, 3.63) is 30.3 Å². The first kappa shape index (κ1) is 9.49. The summed E-state index contributed by atoms with van der Waals surface area (Å²) in [6, 6.07) is 9.40. The molecule has 1 fully saturated rings. The van der Waals surface area contributed by atoms with Crippen molar-refractivity contribution in [3.8, 4) is 5.75 Å². The Balaban J connectivity index is 1.99. The molecule has 0 aromatic heterocycles. The molecular formula is C11H15NO2. The molecule has 3 unspecified atom stereocenters. The molecule has 3 N–H and O–H groups in total. The van der Waals surface area contributed by atoms with Gasteiger partial charge in [-0.25, -0.2) is 0 Å². The van der Waals surface area contributed by atoms with Gasteiger partial charge in [-0.15, -0.1) is 0 Å². The standard InChI is InChI=1S/C11H15NO2/c12-9-6-7-10(11(9)13)14-8-4-2-1-3-5-8/h1-5,9-11,13H,6-7,12H2. The Morgan fingerprint density at radius 1 is 1.21 bits per heavy atom. The number of aliphatic hydroxyl groups is 1. The van der Waals surface area contributed by atoms with Crippen LogP contribution in [0.2, 0.25) is 0 Å². The molecule has 0 heterocycles. The van der Waals surface area contributed by atoms with Crippen molar-refractivity contribution in [2.24, 2.45) is 5.73 Å². The van der Waals surface area contributed by atoms with E-state index < -0.39 is 6.10 Å². The van der Waals surface area contributed by atoms with Crippen molar-refractivity contribution in [2.75, 3.05) is 0 Å². The Morgan fingerprint density at radius 3 is 2.50 bits per heavy atom. The average Bonchev–Trinajstić information content (AvgIpc) is 2.52. The van der Waals surface area contributed by atoms with Crippen LogP contribution in [0.15, 0.2) is 30.3 Å². The first-order valence-corrected chi connectivity index (χ1v) is 4.93. The normalized spacial score (nSPS) is 31.7. The SMILES string of the molecule is NC1CCC(Oc2ccccc2)C1O. The summed E-state index contributed by atoms with van der Waals surface area (Å²) in [6.45, 7) is 0. The third-order valence-corrected chi connectivity index (χ3v) is 2.63. The number of hydrogen-bond acceptors (Lipinski definition) is 3. The average molecular weight is 193 g/mol. The van der Waals surface area contributed by atoms with Crippen LogP contribution in [0, 0.1) is 0 Å². The highest BCUT2D eigenvalue weighted by Crippen LogP contribution is 2.23. The molecule has 76 valence electrons. The molecule has 1 aromatic rings. The predicted molar refractivity (Wildman–Crippen MR) is 54.1 cm³/mol. The number of hydrogen-bond donors (Lipinski definition) is 2. The molecule has 0 bridgehead atoms. The monoisotopic (exact) mass is 193 g/mol. The van der Waals surface area contributed by atoms with E-state index in [1.54, 1.807) is 0 Å². The third-order valence-electron chi connectivity index (χ3n) is 2.63. The lowest BCUT2D eigenvalue weighted by molar-refractivity contribution is 0.0521. The first-order chi connectivity index (χ1) is 6.77. The molecule has 1 saturated carbocycles. The zero-order chi connectivity index (χ0) is 9.97. The summed E-state index contributed by atoms with van der Waals surface area (Å²) < 4.78 is 5.63. The summed E-state index contributed by atoms with van der Waals surface area (Å²) in [5.74, 6) is 0.797. The van der Waals surface area contributed by atoms with Crippen LogP contribution in [-0.4, -0.2) is 23.4 Å². The van der Waals surface area contributed by atoms with Gasteiger partial charge in [-0.1, -0.05) is 18.2 Å². The predicted octanol–water partition coefficient (Wildman–Crippen LogP) is 0.916. The van der Waals surface area contributed by atoms with Crippen LogP contribution in [0.3, 0.4) is 0 Å².